The van der Waals surface area contributed by atoms with E-state index in [1.54, 1.807) is 0 Å². The number of rotatable bonds is 10. The third-order valence-corrected chi connectivity index (χ3v) is 18.9. The van der Waals surface area contributed by atoms with Crippen LogP contribution in [0.25, 0.3) is 54.6 Å². The molecule has 0 aliphatic rings. The van der Waals surface area contributed by atoms with Crippen molar-refractivity contribution < 1.29 is 17.6 Å². The van der Waals surface area contributed by atoms with Crippen LogP contribution in [0.4, 0.5) is 51.7 Å². The molecule has 0 amide bonds. The molecule has 0 N–H and O–H groups in total. The van der Waals surface area contributed by atoms with Crippen molar-refractivity contribution in [3.8, 4) is 22.3 Å². The zero-order chi connectivity index (χ0) is 52.8. The molecule has 0 aromatic heterocycles. The van der Waals surface area contributed by atoms with Gasteiger partial charge in [-0.05, 0) is 103 Å². The van der Waals surface area contributed by atoms with Crippen molar-refractivity contribution in [3.05, 3.63) is 204 Å². The molecule has 374 valence electrons. The van der Waals surface area contributed by atoms with Gasteiger partial charge in [-0.2, -0.15) is 0 Å². The fourth-order valence-electron chi connectivity index (χ4n) is 10.4. The van der Waals surface area contributed by atoms with E-state index in [0.29, 0.717) is 33.9 Å². The van der Waals surface area contributed by atoms with Crippen LogP contribution in [0.15, 0.2) is 170 Å². The normalized spacial score (nSPS) is 12.6. The molecular weight excluding hydrogens is 953 g/mol. The van der Waals surface area contributed by atoms with E-state index >= 15 is 17.6 Å². The van der Waals surface area contributed by atoms with Crippen LogP contribution in [0.5, 0.6) is 0 Å². The van der Waals surface area contributed by atoms with Gasteiger partial charge in [-0.15, -0.1) is 0 Å². The predicted octanol–water partition coefficient (Wildman–Crippen LogP) is 19.1. The minimum atomic E-state index is -1.73. The molecule has 0 saturated carbocycles. The molecule has 2 nitrogen and oxygen atoms in total. The fourth-order valence-corrected chi connectivity index (χ4v) is 12.7. The second-order valence-corrected chi connectivity index (χ2v) is 34.2. The van der Waals surface area contributed by atoms with Crippen molar-refractivity contribution >= 4 is 93.0 Å². The zero-order valence-corrected chi connectivity index (χ0v) is 46.6. The van der Waals surface area contributed by atoms with Gasteiger partial charge in [0.2, 0.25) is 0 Å². The van der Waals surface area contributed by atoms with Crippen molar-refractivity contribution in [1.82, 2.24) is 0 Å². The Balaban J connectivity index is 1.17. The topological polar surface area (TPSA) is 6.48 Å². The lowest BCUT2D eigenvalue weighted by atomic mass is 9.86. The highest BCUT2D eigenvalue weighted by Gasteiger charge is 2.28. The number of hydrogen-bond acceptors (Lipinski definition) is 2. The first-order chi connectivity index (χ1) is 34.9. The van der Waals surface area contributed by atoms with Crippen molar-refractivity contribution in [2.24, 2.45) is 0 Å². The Kier molecular flexibility index (Phi) is 12.6. The highest BCUT2D eigenvalue weighted by Crippen LogP contribution is 2.49. The lowest BCUT2D eigenvalue weighted by molar-refractivity contribution is 0.590. The average Bonchev–Trinajstić information content (AvgIpc) is 3.37. The van der Waals surface area contributed by atoms with Crippen molar-refractivity contribution in [2.45, 2.75) is 91.7 Å². The van der Waals surface area contributed by atoms with Crippen LogP contribution < -0.4 is 20.2 Å². The Morgan fingerprint density at radius 2 is 0.662 bits per heavy atom. The van der Waals surface area contributed by atoms with Crippen LogP contribution in [-0.4, -0.2) is 16.1 Å². The Hall–Kier alpha value is -7.01. The minimum absolute atomic E-state index is 0.0769. The van der Waals surface area contributed by atoms with Crippen LogP contribution in [-0.2, 0) is 10.8 Å². The molecule has 0 bridgehead atoms. The Bertz CT molecular complexity index is 3480. The van der Waals surface area contributed by atoms with E-state index in [4.69, 9.17) is 0 Å². The Morgan fingerprint density at radius 3 is 0.973 bits per heavy atom. The van der Waals surface area contributed by atoms with E-state index in [2.05, 4.69) is 129 Å². The molecule has 0 radical (unpaired) electrons. The SMILES string of the molecule is CC(C)(C)c1ccc(-c2cc(F)c(N(c3ccc([Si](C)(C)C)cc3)c3ccc4ccc5c(N(c6ccc([Si](C)(C)C)cc6)c6cc(F)c(-c7ccc(C(C)(C)C)cc7)cc6F)ccc6ccc3c4c65)cc2F)cc1. The summed E-state index contributed by atoms with van der Waals surface area (Å²) in [6, 6.07) is 53.3. The largest absolute Gasteiger partial charge is 0.307 e. The number of hydrogen-bond donors (Lipinski definition) is 0. The van der Waals surface area contributed by atoms with Gasteiger partial charge in [0.15, 0.2) is 0 Å². The number of benzene rings is 10. The van der Waals surface area contributed by atoms with Crippen molar-refractivity contribution in [1.29, 1.82) is 0 Å². The van der Waals surface area contributed by atoms with E-state index in [-0.39, 0.29) is 33.3 Å². The van der Waals surface area contributed by atoms with E-state index in [1.165, 1.54) is 34.6 Å². The number of anilines is 6. The number of nitrogens with zero attached hydrogens (tertiary/aromatic N) is 2. The third-order valence-electron chi connectivity index (χ3n) is 14.8. The summed E-state index contributed by atoms with van der Waals surface area (Å²) in [7, 11) is -3.45. The van der Waals surface area contributed by atoms with E-state index in [9.17, 15) is 0 Å². The van der Waals surface area contributed by atoms with Gasteiger partial charge in [-0.3, -0.25) is 0 Å². The quantitative estimate of drug-likeness (QED) is 0.0765. The van der Waals surface area contributed by atoms with E-state index < -0.39 is 39.4 Å². The molecule has 0 fully saturated rings. The molecule has 10 aromatic rings. The summed E-state index contributed by atoms with van der Waals surface area (Å²) in [6.45, 7) is 26.5. The Labute approximate surface area is 436 Å². The molecule has 8 heteroatoms. The van der Waals surface area contributed by atoms with Gasteiger partial charge >= 0.3 is 0 Å². The summed E-state index contributed by atoms with van der Waals surface area (Å²) in [6.07, 6.45) is 0. The lowest BCUT2D eigenvalue weighted by Crippen LogP contribution is -2.37. The zero-order valence-electron chi connectivity index (χ0n) is 44.6. The molecule has 0 saturated heterocycles. The van der Waals surface area contributed by atoms with Gasteiger partial charge in [0.05, 0.1) is 38.9 Å². The summed E-state index contributed by atoms with van der Waals surface area (Å²) < 4.78 is 67.9. The van der Waals surface area contributed by atoms with Crippen molar-refractivity contribution in [2.75, 3.05) is 9.80 Å². The monoisotopic (exact) mass is 1020 g/mol. The molecule has 0 atom stereocenters. The first-order valence-electron chi connectivity index (χ1n) is 25.6. The summed E-state index contributed by atoms with van der Waals surface area (Å²) in [5, 5.41) is 7.83. The molecule has 0 heterocycles. The highest BCUT2D eigenvalue weighted by molar-refractivity contribution is 6.89. The summed E-state index contributed by atoms with van der Waals surface area (Å²) in [5.41, 5.74) is 6.42. The van der Waals surface area contributed by atoms with Crippen molar-refractivity contribution in [3.63, 3.8) is 0 Å². The molecular formula is C66H64F4N2Si2. The third kappa shape index (κ3) is 9.32. The van der Waals surface area contributed by atoms with Gasteiger partial charge < -0.3 is 9.80 Å². The van der Waals surface area contributed by atoms with Gasteiger partial charge in [0.25, 0.3) is 0 Å². The smallest absolute Gasteiger partial charge is 0.148 e. The first-order valence-corrected chi connectivity index (χ1v) is 32.6. The molecule has 10 rings (SSSR count). The van der Waals surface area contributed by atoms with E-state index in [1.807, 2.05) is 107 Å². The first kappa shape index (κ1) is 50.5. The van der Waals surface area contributed by atoms with Gasteiger partial charge in [-0.25, -0.2) is 17.6 Å². The molecule has 10 aromatic carbocycles. The van der Waals surface area contributed by atoms with Gasteiger partial charge in [-0.1, -0.05) is 200 Å². The molecule has 0 unspecified atom stereocenters. The molecule has 74 heavy (non-hydrogen) atoms. The second-order valence-electron chi connectivity index (χ2n) is 24.1. The Morgan fingerprint density at radius 1 is 0.338 bits per heavy atom. The van der Waals surface area contributed by atoms with Gasteiger partial charge in [0, 0.05) is 45.4 Å². The van der Waals surface area contributed by atoms with Crippen LogP contribution >= 0.6 is 0 Å². The molecule has 0 aliphatic carbocycles. The summed E-state index contributed by atoms with van der Waals surface area (Å²) in [4.78, 5) is 3.66. The summed E-state index contributed by atoms with van der Waals surface area (Å²) in [5.74, 6) is -2.21. The maximum atomic E-state index is 17.2. The average molecular weight is 1020 g/mol. The van der Waals surface area contributed by atoms with Gasteiger partial charge in [0.1, 0.15) is 23.3 Å². The fraction of sp³-hybridized carbons (Fsp3) is 0.212. The standard InChI is InChI=1S/C66H64F4N2Si2/c1-65(2,3)45-21-13-41(14-22-45)53-37-57(69)61(39-55(53)67)71(47-25-29-49(30-26-47)73(7,8)9)59-35-19-43-18-34-52-60(36-20-44-17-33-51(59)63(43)64(44)52)72(48-27-31-50(32-28-48)74(10,11)12)62-40-56(68)54(38-58(62)70)42-15-23-46(24-16-42)66(4,5)6/h13-40H,1-12H3. The van der Waals surface area contributed by atoms with E-state index in [0.717, 1.165) is 43.4 Å². The number of halogens is 4. The molecule has 0 aliphatic heterocycles. The maximum absolute atomic E-state index is 17.2. The maximum Gasteiger partial charge on any atom is 0.148 e. The lowest BCUT2D eigenvalue weighted by Gasteiger charge is -2.30. The second kappa shape index (κ2) is 18.4. The summed E-state index contributed by atoms with van der Waals surface area (Å²) >= 11 is 0. The molecule has 0 spiro atoms. The van der Waals surface area contributed by atoms with Crippen LogP contribution in [0, 0.1) is 23.3 Å². The van der Waals surface area contributed by atoms with Crippen LogP contribution in [0.1, 0.15) is 52.7 Å². The predicted molar refractivity (Wildman–Crippen MR) is 314 cm³/mol. The van der Waals surface area contributed by atoms with Crippen LogP contribution in [0.3, 0.4) is 0 Å². The minimum Gasteiger partial charge on any atom is -0.307 e. The van der Waals surface area contributed by atoms with Crippen LogP contribution in [0.2, 0.25) is 39.3 Å². The highest BCUT2D eigenvalue weighted by atomic mass is 28.3.